The van der Waals surface area contributed by atoms with Crippen molar-refractivity contribution in [3.63, 3.8) is 0 Å². The molecule has 1 heterocycles. The molecule has 0 aliphatic carbocycles. The monoisotopic (exact) mass is 473 g/mol. The third-order valence-corrected chi connectivity index (χ3v) is 5.91. The van der Waals surface area contributed by atoms with Crippen LogP contribution in [0, 0.1) is 6.92 Å². The molecule has 3 aromatic carbocycles. The van der Waals surface area contributed by atoms with Crippen molar-refractivity contribution in [3.8, 4) is 17.2 Å². The summed E-state index contributed by atoms with van der Waals surface area (Å²) in [5.41, 5.74) is 1.81. The van der Waals surface area contributed by atoms with Crippen molar-refractivity contribution in [1.29, 1.82) is 0 Å². The van der Waals surface area contributed by atoms with Gasteiger partial charge in [0.25, 0.3) is 11.7 Å². The van der Waals surface area contributed by atoms with Crippen LogP contribution in [0.3, 0.4) is 0 Å². The summed E-state index contributed by atoms with van der Waals surface area (Å²) in [6, 6.07) is 17.3. The van der Waals surface area contributed by atoms with Crippen LogP contribution < -0.4 is 14.4 Å². The van der Waals surface area contributed by atoms with E-state index in [2.05, 4.69) is 0 Å². The molecule has 7 nitrogen and oxygen atoms in total. The van der Waals surface area contributed by atoms with Gasteiger partial charge < -0.3 is 19.7 Å². The van der Waals surface area contributed by atoms with E-state index in [-0.39, 0.29) is 22.8 Å². The Labute approximate surface area is 203 Å². The minimum Gasteiger partial charge on any atom is -0.507 e. The number of phenols is 1. The fraction of sp³-hybridized carbons (Fsp3) is 0.214. The van der Waals surface area contributed by atoms with Crippen molar-refractivity contribution in [1.82, 2.24) is 0 Å². The second-order valence-electron chi connectivity index (χ2n) is 8.26. The number of methoxy groups -OCH3 is 1. The summed E-state index contributed by atoms with van der Waals surface area (Å²) in [5.74, 6) is -0.945. The Morgan fingerprint density at radius 1 is 1.03 bits per heavy atom. The maximum atomic E-state index is 13.3. The third-order valence-electron chi connectivity index (χ3n) is 5.91. The number of benzene rings is 3. The first-order valence-electron chi connectivity index (χ1n) is 11.3. The highest BCUT2D eigenvalue weighted by Gasteiger charge is 2.47. The molecule has 0 radical (unpaired) electrons. The van der Waals surface area contributed by atoms with E-state index in [1.807, 2.05) is 13.8 Å². The van der Waals surface area contributed by atoms with Gasteiger partial charge in [0.15, 0.2) is 0 Å². The van der Waals surface area contributed by atoms with Crippen LogP contribution in [0.1, 0.15) is 36.1 Å². The molecule has 0 bridgehead atoms. The molecule has 0 aromatic heterocycles. The van der Waals surface area contributed by atoms with Crippen LogP contribution in [0.4, 0.5) is 5.69 Å². The molecule has 1 aliphatic heterocycles. The van der Waals surface area contributed by atoms with E-state index < -0.39 is 17.7 Å². The number of nitrogens with zero attached hydrogens (tertiary/aromatic N) is 1. The highest BCUT2D eigenvalue weighted by atomic mass is 16.5. The molecule has 7 heteroatoms. The number of hydrogen-bond donors (Lipinski definition) is 2. The lowest BCUT2D eigenvalue weighted by Crippen LogP contribution is -2.29. The molecular weight excluding hydrogens is 446 g/mol. The molecule has 1 unspecified atom stereocenters. The number of amides is 1. The van der Waals surface area contributed by atoms with E-state index in [1.165, 1.54) is 18.1 Å². The van der Waals surface area contributed by atoms with Crippen molar-refractivity contribution in [2.75, 3.05) is 18.6 Å². The lowest BCUT2D eigenvalue weighted by molar-refractivity contribution is -0.132. The van der Waals surface area contributed by atoms with Crippen molar-refractivity contribution in [2.45, 2.75) is 26.3 Å². The average molecular weight is 474 g/mol. The smallest absolute Gasteiger partial charge is 0.300 e. The van der Waals surface area contributed by atoms with Crippen LogP contribution >= 0.6 is 0 Å². The predicted octanol–water partition coefficient (Wildman–Crippen LogP) is 5.12. The Morgan fingerprint density at radius 3 is 2.49 bits per heavy atom. The van der Waals surface area contributed by atoms with E-state index in [1.54, 1.807) is 60.7 Å². The van der Waals surface area contributed by atoms with Gasteiger partial charge in [-0.2, -0.15) is 0 Å². The number of carbonyl (C=O) groups is 2. The number of aliphatic hydroxyl groups is 1. The Morgan fingerprint density at radius 2 is 1.80 bits per heavy atom. The van der Waals surface area contributed by atoms with Gasteiger partial charge in [-0.3, -0.25) is 14.5 Å². The van der Waals surface area contributed by atoms with E-state index in [0.717, 1.165) is 12.0 Å². The predicted molar refractivity (Wildman–Crippen MR) is 133 cm³/mol. The van der Waals surface area contributed by atoms with Gasteiger partial charge in [-0.25, -0.2) is 0 Å². The lowest BCUT2D eigenvalue weighted by Gasteiger charge is -2.26. The molecule has 1 atom stereocenters. The molecule has 0 saturated carbocycles. The van der Waals surface area contributed by atoms with Gasteiger partial charge in [0.05, 0.1) is 31.0 Å². The average Bonchev–Trinajstić information content (AvgIpc) is 3.13. The Balaban J connectivity index is 1.91. The number of phenolic OH excluding ortho intramolecular Hbond substituents is 1. The quantitative estimate of drug-likeness (QED) is 0.281. The molecule has 1 fully saturated rings. The molecule has 35 heavy (non-hydrogen) atoms. The summed E-state index contributed by atoms with van der Waals surface area (Å²) in [4.78, 5) is 27.8. The van der Waals surface area contributed by atoms with Gasteiger partial charge in [0.1, 0.15) is 23.0 Å². The maximum Gasteiger partial charge on any atom is 0.300 e. The second kappa shape index (κ2) is 9.93. The van der Waals surface area contributed by atoms with Gasteiger partial charge in [-0.15, -0.1) is 0 Å². The number of aryl methyl sites for hydroxylation is 1. The minimum atomic E-state index is -0.977. The fourth-order valence-corrected chi connectivity index (χ4v) is 4.20. The Hall–Kier alpha value is -4.26. The number of anilines is 1. The lowest BCUT2D eigenvalue weighted by atomic mass is 9.94. The van der Waals surface area contributed by atoms with Crippen LogP contribution in [-0.2, 0) is 9.59 Å². The SMILES string of the molecule is CCCOc1ccc(/C(O)=C2/C(=O)C(=O)N(c3ccccc3O)C2c2cccc(OC)c2)cc1C. The molecule has 0 spiro atoms. The topological polar surface area (TPSA) is 96.3 Å². The fourth-order valence-electron chi connectivity index (χ4n) is 4.20. The summed E-state index contributed by atoms with van der Waals surface area (Å²) < 4.78 is 11.1. The summed E-state index contributed by atoms with van der Waals surface area (Å²) in [5, 5.41) is 21.8. The van der Waals surface area contributed by atoms with E-state index >= 15 is 0 Å². The van der Waals surface area contributed by atoms with Gasteiger partial charge in [0.2, 0.25) is 0 Å². The highest BCUT2D eigenvalue weighted by molar-refractivity contribution is 6.51. The minimum absolute atomic E-state index is 0.0758. The molecule has 4 rings (SSSR count). The number of ketones is 1. The molecule has 180 valence electrons. The zero-order valence-electron chi connectivity index (χ0n) is 19.8. The standard InChI is InChI=1S/C28H27NO6/c1-4-14-35-23-13-12-19(15-17(23)2)26(31)24-25(18-8-7-9-20(16-18)34-3)29(28(33)27(24)32)21-10-5-6-11-22(21)30/h5-13,15-16,25,30-31H,4,14H2,1-3H3/b26-24-. The highest BCUT2D eigenvalue weighted by Crippen LogP contribution is 2.45. The Bertz CT molecular complexity index is 1310. The van der Waals surface area contributed by atoms with Crippen molar-refractivity contribution < 1.29 is 29.3 Å². The largest absolute Gasteiger partial charge is 0.507 e. The number of para-hydroxylation sites is 2. The number of hydrogen-bond acceptors (Lipinski definition) is 6. The van der Waals surface area contributed by atoms with Gasteiger partial charge in [-0.05, 0) is 66.9 Å². The van der Waals surface area contributed by atoms with Crippen molar-refractivity contribution in [3.05, 3.63) is 89.0 Å². The van der Waals surface area contributed by atoms with Crippen LogP contribution in [-0.4, -0.2) is 35.6 Å². The molecule has 2 N–H and O–H groups in total. The summed E-state index contributed by atoms with van der Waals surface area (Å²) in [6.07, 6.45) is 0.859. The van der Waals surface area contributed by atoms with Gasteiger partial charge in [0, 0.05) is 5.56 Å². The number of carbonyl (C=O) groups excluding carboxylic acids is 2. The third kappa shape index (κ3) is 4.45. The van der Waals surface area contributed by atoms with E-state index in [4.69, 9.17) is 9.47 Å². The summed E-state index contributed by atoms with van der Waals surface area (Å²) >= 11 is 0. The summed E-state index contributed by atoms with van der Waals surface area (Å²) in [6.45, 7) is 4.42. The van der Waals surface area contributed by atoms with Crippen molar-refractivity contribution in [2.24, 2.45) is 0 Å². The zero-order chi connectivity index (χ0) is 25.1. The normalized spacial score (nSPS) is 17.0. The number of ether oxygens (including phenoxy) is 2. The molecule has 3 aromatic rings. The van der Waals surface area contributed by atoms with E-state index in [9.17, 15) is 19.8 Å². The Kier molecular flexibility index (Phi) is 6.78. The van der Waals surface area contributed by atoms with Gasteiger partial charge >= 0.3 is 0 Å². The first kappa shape index (κ1) is 23.9. The first-order valence-corrected chi connectivity index (χ1v) is 11.3. The summed E-state index contributed by atoms with van der Waals surface area (Å²) in [7, 11) is 1.52. The molecule has 1 amide bonds. The number of rotatable bonds is 7. The van der Waals surface area contributed by atoms with Crippen LogP contribution in [0.2, 0.25) is 0 Å². The molecular formula is C28H27NO6. The van der Waals surface area contributed by atoms with Gasteiger partial charge in [-0.1, -0.05) is 31.2 Å². The zero-order valence-corrected chi connectivity index (χ0v) is 19.8. The maximum absolute atomic E-state index is 13.3. The first-order chi connectivity index (χ1) is 16.9. The number of Topliss-reactive ketones (excluding diaryl/α,β-unsaturated/α-hetero) is 1. The van der Waals surface area contributed by atoms with Crippen LogP contribution in [0.15, 0.2) is 72.3 Å². The van der Waals surface area contributed by atoms with Crippen LogP contribution in [0.25, 0.3) is 5.76 Å². The van der Waals surface area contributed by atoms with E-state index in [0.29, 0.717) is 29.2 Å². The number of aromatic hydroxyl groups is 1. The van der Waals surface area contributed by atoms with Crippen LogP contribution in [0.5, 0.6) is 17.2 Å². The molecule has 1 aliphatic rings. The molecule has 1 saturated heterocycles. The number of aliphatic hydroxyl groups excluding tert-OH is 1. The van der Waals surface area contributed by atoms with Crippen molar-refractivity contribution >= 4 is 23.1 Å². The second-order valence-corrected chi connectivity index (χ2v) is 8.26.